The normalized spacial score (nSPS) is 13.7. The fourth-order valence-corrected chi connectivity index (χ4v) is 2.73. The average Bonchev–Trinajstić information content (AvgIpc) is 2.49. The zero-order chi connectivity index (χ0) is 15.7. The maximum absolute atomic E-state index is 12.1. The van der Waals surface area contributed by atoms with Gasteiger partial charge in [0.1, 0.15) is 0 Å². The Hall–Kier alpha value is -1.06. The fraction of sp³-hybridized carbons (Fsp3) is 0.588. The van der Waals surface area contributed by atoms with E-state index in [9.17, 15) is 4.79 Å². The van der Waals surface area contributed by atoms with Gasteiger partial charge in [0.05, 0.1) is 6.04 Å². The van der Waals surface area contributed by atoms with E-state index >= 15 is 0 Å². The first-order valence-electron chi connectivity index (χ1n) is 7.85. The summed E-state index contributed by atoms with van der Waals surface area (Å²) in [5.74, 6) is 0.657. The molecule has 0 aliphatic heterocycles. The molecule has 0 aromatic heterocycles. The van der Waals surface area contributed by atoms with Gasteiger partial charge < -0.3 is 11.1 Å². The van der Waals surface area contributed by atoms with E-state index in [0.29, 0.717) is 23.9 Å². The Bertz CT molecular complexity index is 437. The van der Waals surface area contributed by atoms with Crippen LogP contribution in [0.3, 0.4) is 0 Å². The van der Waals surface area contributed by atoms with Crippen molar-refractivity contribution >= 4 is 17.5 Å². The minimum Gasteiger partial charge on any atom is -0.349 e. The van der Waals surface area contributed by atoms with E-state index in [1.165, 1.54) is 0 Å². The van der Waals surface area contributed by atoms with E-state index in [1.807, 2.05) is 24.3 Å². The Morgan fingerprint density at radius 3 is 2.62 bits per heavy atom. The number of nitrogens with one attached hydrogen (secondary N) is 1. The monoisotopic (exact) mass is 310 g/mol. The molecule has 0 aliphatic rings. The van der Waals surface area contributed by atoms with Crippen molar-refractivity contribution < 1.29 is 4.79 Å². The van der Waals surface area contributed by atoms with E-state index in [1.54, 1.807) is 0 Å². The topological polar surface area (TPSA) is 55.1 Å². The first-order valence-corrected chi connectivity index (χ1v) is 8.23. The summed E-state index contributed by atoms with van der Waals surface area (Å²) in [4.78, 5) is 12.1. The van der Waals surface area contributed by atoms with Gasteiger partial charge in [-0.05, 0) is 49.4 Å². The van der Waals surface area contributed by atoms with Crippen molar-refractivity contribution in [2.75, 3.05) is 6.54 Å². The number of carbonyl (C=O) groups is 1. The molecule has 2 atom stereocenters. The fourth-order valence-electron chi connectivity index (χ4n) is 2.53. The molecule has 0 saturated heterocycles. The van der Waals surface area contributed by atoms with E-state index in [4.69, 9.17) is 17.3 Å². The summed E-state index contributed by atoms with van der Waals surface area (Å²) < 4.78 is 0. The quantitative estimate of drug-likeness (QED) is 0.722. The van der Waals surface area contributed by atoms with Crippen molar-refractivity contribution in [2.45, 2.75) is 52.0 Å². The van der Waals surface area contributed by atoms with Gasteiger partial charge in [-0.1, -0.05) is 44.0 Å². The van der Waals surface area contributed by atoms with Crippen LogP contribution in [0.5, 0.6) is 0 Å². The first kappa shape index (κ1) is 18.0. The second-order valence-corrected chi connectivity index (χ2v) is 5.91. The van der Waals surface area contributed by atoms with Crippen molar-refractivity contribution in [3.63, 3.8) is 0 Å². The third-order valence-corrected chi connectivity index (χ3v) is 4.16. The van der Waals surface area contributed by atoms with Crippen LogP contribution in [0.15, 0.2) is 24.3 Å². The van der Waals surface area contributed by atoms with E-state index in [2.05, 4.69) is 19.2 Å². The summed E-state index contributed by atoms with van der Waals surface area (Å²) in [6.45, 7) is 4.91. The summed E-state index contributed by atoms with van der Waals surface area (Å²) in [7, 11) is 0. The van der Waals surface area contributed by atoms with Crippen LogP contribution in [-0.2, 0) is 4.79 Å². The van der Waals surface area contributed by atoms with Crippen LogP contribution in [0.1, 0.15) is 57.6 Å². The summed E-state index contributed by atoms with van der Waals surface area (Å²) in [6, 6.07) is 7.72. The third-order valence-electron chi connectivity index (χ3n) is 3.93. The predicted molar refractivity (Wildman–Crippen MR) is 89.3 cm³/mol. The molecule has 1 rings (SSSR count). The molecule has 1 amide bonds. The highest BCUT2D eigenvalue weighted by molar-refractivity contribution is 6.30. The molecular weight excluding hydrogens is 284 g/mol. The van der Waals surface area contributed by atoms with Gasteiger partial charge in [-0.3, -0.25) is 4.79 Å². The lowest BCUT2D eigenvalue weighted by Gasteiger charge is -2.19. The molecule has 0 heterocycles. The van der Waals surface area contributed by atoms with Crippen LogP contribution in [-0.4, -0.2) is 12.5 Å². The minimum absolute atomic E-state index is 0.0331. The van der Waals surface area contributed by atoms with Gasteiger partial charge in [-0.2, -0.15) is 0 Å². The van der Waals surface area contributed by atoms with Gasteiger partial charge in [0.25, 0.3) is 0 Å². The van der Waals surface area contributed by atoms with Crippen LogP contribution >= 0.6 is 11.6 Å². The predicted octanol–water partition coefficient (Wildman–Crippen LogP) is 4.06. The number of amides is 1. The van der Waals surface area contributed by atoms with Gasteiger partial charge in [-0.15, -0.1) is 0 Å². The van der Waals surface area contributed by atoms with Crippen LogP contribution in [0.2, 0.25) is 5.02 Å². The Labute approximate surface area is 133 Å². The highest BCUT2D eigenvalue weighted by atomic mass is 35.5. The third kappa shape index (κ3) is 6.49. The van der Waals surface area contributed by atoms with Crippen molar-refractivity contribution in [3.8, 4) is 0 Å². The number of hydrogen-bond acceptors (Lipinski definition) is 2. The molecule has 1 aromatic carbocycles. The Balaban J connectivity index is 2.51. The van der Waals surface area contributed by atoms with E-state index < -0.39 is 0 Å². The van der Waals surface area contributed by atoms with Gasteiger partial charge >= 0.3 is 0 Å². The number of halogens is 1. The van der Waals surface area contributed by atoms with Crippen LogP contribution < -0.4 is 11.1 Å². The molecule has 2 unspecified atom stereocenters. The molecule has 0 spiro atoms. The SMILES string of the molecule is CCC(CCN)CCC(=O)NC(CC)c1cccc(Cl)c1. The number of rotatable bonds is 9. The molecule has 0 radical (unpaired) electrons. The smallest absolute Gasteiger partial charge is 0.220 e. The summed E-state index contributed by atoms with van der Waals surface area (Å²) in [5, 5.41) is 3.81. The summed E-state index contributed by atoms with van der Waals surface area (Å²) in [5.41, 5.74) is 6.65. The maximum Gasteiger partial charge on any atom is 0.220 e. The average molecular weight is 311 g/mol. The van der Waals surface area contributed by atoms with Crippen molar-refractivity contribution in [1.29, 1.82) is 0 Å². The lowest BCUT2D eigenvalue weighted by atomic mass is 9.96. The molecule has 21 heavy (non-hydrogen) atoms. The number of nitrogens with two attached hydrogens (primary N) is 1. The largest absolute Gasteiger partial charge is 0.349 e. The zero-order valence-electron chi connectivity index (χ0n) is 13.1. The summed E-state index contributed by atoms with van der Waals surface area (Å²) in [6.07, 6.45) is 4.40. The van der Waals surface area contributed by atoms with Gasteiger partial charge in [-0.25, -0.2) is 0 Å². The molecule has 4 heteroatoms. The maximum atomic E-state index is 12.1. The second-order valence-electron chi connectivity index (χ2n) is 5.47. The molecule has 3 N–H and O–H groups in total. The first-order chi connectivity index (χ1) is 10.1. The van der Waals surface area contributed by atoms with Crippen molar-refractivity contribution in [1.82, 2.24) is 5.32 Å². The number of carbonyl (C=O) groups excluding carboxylic acids is 1. The van der Waals surface area contributed by atoms with E-state index in [-0.39, 0.29) is 11.9 Å². The van der Waals surface area contributed by atoms with Crippen LogP contribution in [0.25, 0.3) is 0 Å². The number of benzene rings is 1. The lowest BCUT2D eigenvalue weighted by molar-refractivity contribution is -0.122. The second kappa shape index (κ2) is 9.80. The minimum atomic E-state index is 0.0331. The van der Waals surface area contributed by atoms with Gasteiger partial charge in [0.15, 0.2) is 0 Å². The standard InChI is InChI=1S/C17H27ClN2O/c1-3-13(10-11-19)8-9-17(21)20-16(4-2)14-6-5-7-15(18)12-14/h5-7,12-13,16H,3-4,8-11,19H2,1-2H3,(H,20,21). The van der Waals surface area contributed by atoms with Gasteiger partial charge in [0.2, 0.25) is 5.91 Å². The molecule has 0 saturated carbocycles. The zero-order valence-corrected chi connectivity index (χ0v) is 13.8. The lowest BCUT2D eigenvalue weighted by Crippen LogP contribution is -2.28. The summed E-state index contributed by atoms with van der Waals surface area (Å²) >= 11 is 6.01. The molecule has 118 valence electrons. The van der Waals surface area contributed by atoms with Crippen LogP contribution in [0.4, 0.5) is 0 Å². The molecule has 0 aliphatic carbocycles. The van der Waals surface area contributed by atoms with E-state index in [0.717, 1.165) is 31.2 Å². The Morgan fingerprint density at radius 2 is 2.05 bits per heavy atom. The van der Waals surface area contributed by atoms with Gasteiger partial charge in [0, 0.05) is 11.4 Å². The number of hydrogen-bond donors (Lipinski definition) is 2. The van der Waals surface area contributed by atoms with Crippen LogP contribution in [0, 0.1) is 5.92 Å². The Morgan fingerprint density at radius 1 is 1.29 bits per heavy atom. The molecule has 1 aromatic rings. The van der Waals surface area contributed by atoms with Crippen molar-refractivity contribution in [3.05, 3.63) is 34.9 Å². The molecule has 0 bridgehead atoms. The van der Waals surface area contributed by atoms with Crippen molar-refractivity contribution in [2.24, 2.45) is 11.7 Å². The Kier molecular flexibility index (Phi) is 8.40. The molecule has 3 nitrogen and oxygen atoms in total. The molecule has 0 fully saturated rings. The highest BCUT2D eigenvalue weighted by Gasteiger charge is 2.14. The molecular formula is C17H27ClN2O. The highest BCUT2D eigenvalue weighted by Crippen LogP contribution is 2.21.